The van der Waals surface area contributed by atoms with Crippen LogP contribution in [0.2, 0.25) is 0 Å². The number of hydrogen-bond donors (Lipinski definition) is 2. The van der Waals surface area contributed by atoms with Gasteiger partial charge in [-0.2, -0.15) is 0 Å². The number of ether oxygens (including phenoxy) is 3. The van der Waals surface area contributed by atoms with E-state index >= 15 is 0 Å². The first-order valence-corrected chi connectivity index (χ1v) is 8.93. The van der Waals surface area contributed by atoms with Gasteiger partial charge in [-0.1, -0.05) is 0 Å². The fourth-order valence-corrected chi connectivity index (χ4v) is 2.65. The molecule has 0 bridgehead atoms. The highest BCUT2D eigenvalue weighted by molar-refractivity contribution is 14.1. The molecular weight excluding hydrogens is 469 g/mol. The Morgan fingerprint density at radius 2 is 1.73 bits per heavy atom. The van der Waals surface area contributed by atoms with E-state index in [1.807, 2.05) is 13.0 Å². The number of carbonyl (C=O) groups is 1. The summed E-state index contributed by atoms with van der Waals surface area (Å²) < 4.78 is 16.8. The number of carbonyl (C=O) groups excluding carboxylic acids is 1. The quantitative estimate of drug-likeness (QED) is 0.496. The molecule has 9 heteroatoms. The van der Waals surface area contributed by atoms with Gasteiger partial charge in [0.1, 0.15) is 5.82 Å². The van der Waals surface area contributed by atoms with E-state index in [4.69, 9.17) is 26.4 Å². The summed E-state index contributed by atoms with van der Waals surface area (Å²) in [6.45, 7) is 1.89. The molecule has 0 aliphatic rings. The van der Waals surface area contributed by atoms with Gasteiger partial charge >= 0.3 is 0 Å². The number of aryl methyl sites for hydroxylation is 1. The van der Waals surface area contributed by atoms with E-state index in [0.29, 0.717) is 28.6 Å². The predicted molar refractivity (Wildman–Crippen MR) is 111 cm³/mol. The van der Waals surface area contributed by atoms with Crippen LogP contribution in [0.4, 0.5) is 5.82 Å². The van der Waals surface area contributed by atoms with E-state index in [-0.39, 0.29) is 5.11 Å². The Balaban J connectivity index is 2.15. The number of amides is 1. The number of halogens is 1. The lowest BCUT2D eigenvalue weighted by Crippen LogP contribution is -2.34. The van der Waals surface area contributed by atoms with Gasteiger partial charge in [0.25, 0.3) is 5.91 Å². The normalized spacial score (nSPS) is 10.0. The molecule has 138 valence electrons. The molecule has 2 aromatic rings. The van der Waals surface area contributed by atoms with Crippen molar-refractivity contribution in [2.45, 2.75) is 6.92 Å². The number of nitrogens with zero attached hydrogens (tertiary/aromatic N) is 1. The van der Waals surface area contributed by atoms with Crippen LogP contribution < -0.4 is 24.8 Å². The number of hydrogen-bond acceptors (Lipinski definition) is 6. The average molecular weight is 487 g/mol. The van der Waals surface area contributed by atoms with Crippen molar-refractivity contribution < 1.29 is 19.0 Å². The van der Waals surface area contributed by atoms with Gasteiger partial charge in [-0.05, 0) is 66.0 Å². The molecule has 0 saturated carbocycles. The van der Waals surface area contributed by atoms with E-state index in [2.05, 4.69) is 38.2 Å². The van der Waals surface area contributed by atoms with Crippen LogP contribution >= 0.6 is 34.8 Å². The largest absolute Gasteiger partial charge is 0.493 e. The third kappa shape index (κ3) is 4.73. The SMILES string of the molecule is COc1cc(C(=O)NC(=S)Nc2ccc(I)c(C)n2)cc(OC)c1OC. The summed E-state index contributed by atoms with van der Waals surface area (Å²) in [5.74, 6) is 1.31. The molecule has 1 heterocycles. The summed E-state index contributed by atoms with van der Waals surface area (Å²) in [6.07, 6.45) is 0. The van der Waals surface area contributed by atoms with E-state index in [1.165, 1.54) is 21.3 Å². The zero-order valence-corrected chi connectivity index (χ0v) is 17.6. The first-order chi connectivity index (χ1) is 12.4. The Morgan fingerprint density at radius 3 is 2.23 bits per heavy atom. The van der Waals surface area contributed by atoms with Crippen LogP contribution in [0.3, 0.4) is 0 Å². The summed E-state index contributed by atoms with van der Waals surface area (Å²) in [7, 11) is 4.46. The summed E-state index contributed by atoms with van der Waals surface area (Å²) >= 11 is 7.38. The van der Waals surface area contributed by atoms with Crippen LogP contribution in [0.5, 0.6) is 17.2 Å². The van der Waals surface area contributed by atoms with Gasteiger partial charge in [0.05, 0.1) is 27.0 Å². The lowest BCUT2D eigenvalue weighted by molar-refractivity contribution is 0.0977. The molecule has 0 saturated heterocycles. The summed E-state index contributed by atoms with van der Waals surface area (Å²) in [5, 5.41) is 5.63. The number of nitrogens with one attached hydrogen (secondary N) is 2. The van der Waals surface area contributed by atoms with Gasteiger partial charge in [0.2, 0.25) is 5.75 Å². The Hall–Kier alpha value is -2.14. The van der Waals surface area contributed by atoms with Crippen molar-refractivity contribution in [3.05, 3.63) is 39.1 Å². The smallest absolute Gasteiger partial charge is 0.257 e. The summed E-state index contributed by atoms with van der Waals surface area (Å²) in [4.78, 5) is 16.8. The average Bonchev–Trinajstić information content (AvgIpc) is 2.63. The van der Waals surface area contributed by atoms with Crippen LogP contribution in [0.25, 0.3) is 0 Å². The third-order valence-electron chi connectivity index (χ3n) is 3.42. The molecule has 0 aliphatic heterocycles. The molecule has 1 amide bonds. The molecule has 0 atom stereocenters. The first-order valence-electron chi connectivity index (χ1n) is 7.45. The molecule has 0 aliphatic carbocycles. The van der Waals surface area contributed by atoms with Crippen molar-refractivity contribution in [2.75, 3.05) is 26.6 Å². The number of methoxy groups -OCH3 is 3. The summed E-state index contributed by atoms with van der Waals surface area (Å²) in [5.41, 5.74) is 1.18. The molecule has 0 unspecified atom stereocenters. The summed E-state index contributed by atoms with van der Waals surface area (Å²) in [6, 6.07) is 6.79. The van der Waals surface area contributed by atoms with Gasteiger partial charge in [-0.15, -0.1) is 0 Å². The molecule has 0 radical (unpaired) electrons. The Labute approximate surface area is 170 Å². The van der Waals surface area contributed by atoms with Crippen molar-refractivity contribution in [3.8, 4) is 17.2 Å². The van der Waals surface area contributed by atoms with Gasteiger partial charge in [0, 0.05) is 9.13 Å². The van der Waals surface area contributed by atoms with Gasteiger partial charge < -0.3 is 19.5 Å². The molecular formula is C17H18IN3O4S. The number of aromatic nitrogens is 1. The minimum atomic E-state index is -0.413. The molecule has 26 heavy (non-hydrogen) atoms. The predicted octanol–water partition coefficient (Wildman–Crippen LogP) is 3.15. The van der Waals surface area contributed by atoms with Crippen molar-refractivity contribution in [2.24, 2.45) is 0 Å². The molecule has 1 aromatic carbocycles. The Kier molecular flexibility index (Phi) is 6.98. The van der Waals surface area contributed by atoms with Crippen LogP contribution in [-0.4, -0.2) is 37.3 Å². The number of anilines is 1. The fourth-order valence-electron chi connectivity index (χ4n) is 2.15. The van der Waals surface area contributed by atoms with E-state index in [1.54, 1.807) is 18.2 Å². The number of rotatable bonds is 5. The van der Waals surface area contributed by atoms with Crippen LogP contribution in [0.15, 0.2) is 24.3 Å². The molecule has 7 nitrogen and oxygen atoms in total. The molecule has 2 rings (SSSR count). The zero-order chi connectivity index (χ0) is 19.3. The van der Waals surface area contributed by atoms with E-state index in [9.17, 15) is 4.79 Å². The third-order valence-corrected chi connectivity index (χ3v) is 4.76. The Morgan fingerprint density at radius 1 is 1.12 bits per heavy atom. The maximum Gasteiger partial charge on any atom is 0.257 e. The highest BCUT2D eigenvalue weighted by Crippen LogP contribution is 2.38. The molecule has 0 fully saturated rings. The second kappa shape index (κ2) is 8.99. The number of thiocarbonyl (C=S) groups is 1. The minimum Gasteiger partial charge on any atom is -0.493 e. The number of benzene rings is 1. The second-order valence-corrected chi connectivity index (χ2v) is 6.66. The van der Waals surface area contributed by atoms with Crippen molar-refractivity contribution in [1.82, 2.24) is 10.3 Å². The highest BCUT2D eigenvalue weighted by Gasteiger charge is 2.17. The lowest BCUT2D eigenvalue weighted by atomic mass is 10.1. The number of pyridine rings is 1. The Bertz CT molecular complexity index is 820. The van der Waals surface area contributed by atoms with Crippen molar-refractivity contribution in [1.29, 1.82) is 0 Å². The maximum absolute atomic E-state index is 12.5. The fraction of sp³-hybridized carbons (Fsp3) is 0.235. The van der Waals surface area contributed by atoms with Crippen LogP contribution in [0, 0.1) is 10.5 Å². The maximum atomic E-state index is 12.5. The monoisotopic (exact) mass is 487 g/mol. The first kappa shape index (κ1) is 20.2. The minimum absolute atomic E-state index is 0.136. The van der Waals surface area contributed by atoms with E-state index < -0.39 is 5.91 Å². The lowest BCUT2D eigenvalue weighted by Gasteiger charge is -2.14. The molecule has 2 N–H and O–H groups in total. The zero-order valence-electron chi connectivity index (χ0n) is 14.7. The van der Waals surface area contributed by atoms with Gasteiger partial charge in [0.15, 0.2) is 16.6 Å². The standard InChI is InChI=1S/C17H18IN3O4S/c1-9-11(18)5-6-14(19-9)20-17(26)21-16(22)10-7-12(23-2)15(25-4)13(8-10)24-3/h5-8H,1-4H3,(H2,19,20,21,22,26). The molecule has 1 aromatic heterocycles. The van der Waals surface area contributed by atoms with Crippen molar-refractivity contribution >= 4 is 51.6 Å². The van der Waals surface area contributed by atoms with Crippen LogP contribution in [0.1, 0.15) is 16.1 Å². The van der Waals surface area contributed by atoms with Gasteiger partial charge in [-0.25, -0.2) is 4.98 Å². The van der Waals surface area contributed by atoms with Crippen LogP contribution in [-0.2, 0) is 0 Å². The van der Waals surface area contributed by atoms with E-state index in [0.717, 1.165) is 9.26 Å². The van der Waals surface area contributed by atoms with Gasteiger partial charge in [-0.3, -0.25) is 10.1 Å². The highest BCUT2D eigenvalue weighted by atomic mass is 127. The second-order valence-electron chi connectivity index (χ2n) is 5.09. The molecule has 0 spiro atoms. The topological polar surface area (TPSA) is 81.7 Å². The van der Waals surface area contributed by atoms with Crippen molar-refractivity contribution in [3.63, 3.8) is 0 Å².